The van der Waals surface area contributed by atoms with E-state index in [1.807, 2.05) is 6.92 Å². The minimum Gasteiger partial charge on any atom is -0.312 e. The van der Waals surface area contributed by atoms with Crippen LogP contribution in [0.4, 0.5) is 0 Å². The molecule has 1 aromatic rings. The first-order chi connectivity index (χ1) is 9.08. The van der Waals surface area contributed by atoms with E-state index in [4.69, 9.17) is 0 Å². The molecule has 19 heavy (non-hydrogen) atoms. The monoisotopic (exact) mass is 327 g/mol. The standard InChI is InChI=1S/C14H22BrN3O/c1-10-4-3-5-12(8-10)16-6-7-18-9-17-11(2)13(15)14(18)19/h9-10,12,16H,3-8H2,1-2H3. The quantitative estimate of drug-likeness (QED) is 0.924. The summed E-state index contributed by atoms with van der Waals surface area (Å²) in [5, 5.41) is 3.56. The number of nitrogens with one attached hydrogen (secondary N) is 1. The number of hydrogen-bond acceptors (Lipinski definition) is 3. The van der Waals surface area contributed by atoms with Gasteiger partial charge in [-0.3, -0.25) is 9.36 Å². The number of aromatic nitrogens is 2. The molecule has 0 aromatic carbocycles. The van der Waals surface area contributed by atoms with Crippen LogP contribution in [0.25, 0.3) is 0 Å². The molecule has 0 bridgehead atoms. The van der Waals surface area contributed by atoms with Crippen LogP contribution in [0, 0.1) is 12.8 Å². The van der Waals surface area contributed by atoms with Crippen molar-refractivity contribution in [3.8, 4) is 0 Å². The van der Waals surface area contributed by atoms with Crippen LogP contribution < -0.4 is 10.9 Å². The SMILES string of the molecule is Cc1ncn(CCNC2CCCC(C)C2)c(=O)c1Br. The molecule has 2 atom stereocenters. The van der Waals surface area contributed by atoms with E-state index >= 15 is 0 Å². The fourth-order valence-electron chi connectivity index (χ4n) is 2.71. The summed E-state index contributed by atoms with van der Waals surface area (Å²) >= 11 is 3.29. The molecule has 0 spiro atoms. The second-order valence-corrected chi connectivity index (χ2v) is 6.36. The molecular weight excluding hydrogens is 306 g/mol. The smallest absolute Gasteiger partial charge is 0.267 e. The Labute approximate surface area is 122 Å². The topological polar surface area (TPSA) is 46.9 Å². The highest BCUT2D eigenvalue weighted by molar-refractivity contribution is 9.10. The van der Waals surface area contributed by atoms with Gasteiger partial charge in [0, 0.05) is 19.1 Å². The van der Waals surface area contributed by atoms with Gasteiger partial charge in [0.15, 0.2) is 0 Å². The Morgan fingerprint density at radius 3 is 3.05 bits per heavy atom. The molecule has 1 aliphatic rings. The molecule has 1 saturated carbocycles. The van der Waals surface area contributed by atoms with E-state index in [-0.39, 0.29) is 5.56 Å². The molecule has 5 heteroatoms. The number of aryl methyl sites for hydroxylation is 1. The van der Waals surface area contributed by atoms with E-state index in [0.717, 1.165) is 18.2 Å². The summed E-state index contributed by atoms with van der Waals surface area (Å²) in [5.74, 6) is 0.823. The minimum atomic E-state index is 0.00584. The van der Waals surface area contributed by atoms with E-state index in [2.05, 4.69) is 33.2 Å². The first-order valence-electron chi connectivity index (χ1n) is 7.03. The molecule has 1 N–H and O–H groups in total. The summed E-state index contributed by atoms with van der Waals surface area (Å²) in [7, 11) is 0. The predicted molar refractivity (Wildman–Crippen MR) is 80.4 cm³/mol. The Balaban J connectivity index is 1.86. The second kappa shape index (κ2) is 6.66. The van der Waals surface area contributed by atoms with Crippen molar-refractivity contribution in [3.63, 3.8) is 0 Å². The second-order valence-electron chi connectivity index (χ2n) is 5.57. The van der Waals surface area contributed by atoms with Gasteiger partial charge in [0.05, 0.1) is 12.0 Å². The third kappa shape index (κ3) is 3.89. The van der Waals surface area contributed by atoms with Gasteiger partial charge >= 0.3 is 0 Å². The highest BCUT2D eigenvalue weighted by Gasteiger charge is 2.17. The molecule has 1 heterocycles. The van der Waals surface area contributed by atoms with E-state index in [0.29, 0.717) is 17.1 Å². The maximum Gasteiger partial charge on any atom is 0.267 e. The molecule has 1 fully saturated rings. The van der Waals surface area contributed by atoms with Crippen molar-refractivity contribution in [3.05, 3.63) is 26.8 Å². The molecule has 106 valence electrons. The number of nitrogens with zero attached hydrogens (tertiary/aromatic N) is 2. The summed E-state index contributed by atoms with van der Waals surface area (Å²) in [5.41, 5.74) is 0.752. The first kappa shape index (κ1) is 14.7. The lowest BCUT2D eigenvalue weighted by molar-refractivity contribution is 0.299. The highest BCUT2D eigenvalue weighted by Crippen LogP contribution is 2.23. The maximum atomic E-state index is 12.0. The van der Waals surface area contributed by atoms with Gasteiger partial charge in [0.25, 0.3) is 5.56 Å². The minimum absolute atomic E-state index is 0.00584. The van der Waals surface area contributed by atoms with E-state index in [1.165, 1.54) is 25.7 Å². The number of halogens is 1. The molecule has 0 saturated heterocycles. The average molecular weight is 328 g/mol. The molecule has 0 radical (unpaired) electrons. The van der Waals surface area contributed by atoms with Crippen LogP contribution in [0.1, 0.15) is 38.3 Å². The molecule has 4 nitrogen and oxygen atoms in total. The molecule has 1 aliphatic carbocycles. The molecule has 0 amide bonds. The van der Waals surface area contributed by atoms with Gasteiger partial charge in [-0.15, -0.1) is 0 Å². The van der Waals surface area contributed by atoms with Gasteiger partial charge < -0.3 is 5.32 Å². The van der Waals surface area contributed by atoms with Crippen LogP contribution in [-0.4, -0.2) is 22.1 Å². The van der Waals surface area contributed by atoms with Gasteiger partial charge in [0.2, 0.25) is 0 Å². The van der Waals surface area contributed by atoms with Gasteiger partial charge in [-0.1, -0.05) is 19.8 Å². The Kier molecular flexibility index (Phi) is 5.16. The van der Waals surface area contributed by atoms with Crippen LogP contribution in [0.3, 0.4) is 0 Å². The summed E-state index contributed by atoms with van der Waals surface area (Å²) < 4.78 is 2.23. The first-order valence-corrected chi connectivity index (χ1v) is 7.82. The Bertz CT molecular complexity index is 486. The van der Waals surface area contributed by atoms with E-state index < -0.39 is 0 Å². The largest absolute Gasteiger partial charge is 0.312 e. The van der Waals surface area contributed by atoms with Gasteiger partial charge in [-0.05, 0) is 41.6 Å². The zero-order valence-corrected chi connectivity index (χ0v) is 13.2. The Hall–Kier alpha value is -0.680. The van der Waals surface area contributed by atoms with E-state index in [1.54, 1.807) is 10.9 Å². The number of rotatable bonds is 4. The Morgan fingerprint density at radius 2 is 2.32 bits per heavy atom. The summed E-state index contributed by atoms with van der Waals surface area (Å²) in [6.45, 7) is 5.65. The van der Waals surface area contributed by atoms with Crippen molar-refractivity contribution in [1.82, 2.24) is 14.9 Å². The van der Waals surface area contributed by atoms with Crippen LogP contribution in [0.15, 0.2) is 15.6 Å². The van der Waals surface area contributed by atoms with Gasteiger partial charge in [0.1, 0.15) is 4.47 Å². The molecule has 0 aliphatic heterocycles. The molecule has 1 aromatic heterocycles. The summed E-state index contributed by atoms with van der Waals surface area (Å²) in [6.07, 6.45) is 6.82. The van der Waals surface area contributed by atoms with Crippen LogP contribution >= 0.6 is 15.9 Å². The summed E-state index contributed by atoms with van der Waals surface area (Å²) in [6, 6.07) is 0.612. The van der Waals surface area contributed by atoms with Gasteiger partial charge in [-0.25, -0.2) is 4.98 Å². The van der Waals surface area contributed by atoms with Crippen molar-refractivity contribution in [1.29, 1.82) is 0 Å². The van der Waals surface area contributed by atoms with Crippen molar-refractivity contribution >= 4 is 15.9 Å². The number of hydrogen-bond donors (Lipinski definition) is 1. The van der Waals surface area contributed by atoms with Crippen molar-refractivity contribution in [2.75, 3.05) is 6.54 Å². The zero-order valence-electron chi connectivity index (χ0n) is 11.7. The van der Waals surface area contributed by atoms with Gasteiger partial charge in [-0.2, -0.15) is 0 Å². The van der Waals surface area contributed by atoms with Crippen LogP contribution in [0.5, 0.6) is 0 Å². The van der Waals surface area contributed by atoms with Crippen LogP contribution in [-0.2, 0) is 6.54 Å². The van der Waals surface area contributed by atoms with E-state index in [9.17, 15) is 4.79 Å². The lowest BCUT2D eigenvalue weighted by Gasteiger charge is -2.27. The average Bonchev–Trinajstić information content (AvgIpc) is 2.39. The van der Waals surface area contributed by atoms with Crippen molar-refractivity contribution in [2.24, 2.45) is 5.92 Å². The summed E-state index contributed by atoms with van der Waals surface area (Å²) in [4.78, 5) is 16.2. The van der Waals surface area contributed by atoms with Crippen molar-refractivity contribution < 1.29 is 0 Å². The Morgan fingerprint density at radius 1 is 1.53 bits per heavy atom. The molecule has 2 rings (SSSR count). The molecular formula is C14H22BrN3O. The highest BCUT2D eigenvalue weighted by atomic mass is 79.9. The third-order valence-electron chi connectivity index (χ3n) is 3.88. The fraction of sp³-hybridized carbons (Fsp3) is 0.714. The predicted octanol–water partition coefficient (Wildman–Crippen LogP) is 2.48. The molecule has 2 unspecified atom stereocenters. The van der Waals surface area contributed by atoms with Crippen LogP contribution in [0.2, 0.25) is 0 Å². The lowest BCUT2D eigenvalue weighted by atomic mass is 9.87. The lowest BCUT2D eigenvalue weighted by Crippen LogP contribution is -2.37. The normalized spacial score (nSPS) is 23.5. The zero-order chi connectivity index (χ0) is 13.8. The fourth-order valence-corrected chi connectivity index (χ4v) is 3.04. The third-order valence-corrected chi connectivity index (χ3v) is 4.79. The maximum absolute atomic E-state index is 12.0. The van der Waals surface area contributed by atoms with Crippen molar-refractivity contribution in [2.45, 2.75) is 52.1 Å².